The first-order valence-corrected chi connectivity index (χ1v) is 5.87. The van der Waals surface area contributed by atoms with E-state index in [4.69, 9.17) is 17.4 Å². The van der Waals surface area contributed by atoms with E-state index in [0.717, 1.165) is 24.3 Å². The van der Waals surface area contributed by atoms with Crippen molar-refractivity contribution in [3.63, 3.8) is 0 Å². The van der Waals surface area contributed by atoms with Crippen molar-refractivity contribution in [3.8, 4) is 0 Å². The van der Waals surface area contributed by atoms with Gasteiger partial charge in [-0.05, 0) is 18.2 Å². The lowest BCUT2D eigenvalue weighted by atomic mass is 9.98. The van der Waals surface area contributed by atoms with Gasteiger partial charge < -0.3 is 0 Å². The fraction of sp³-hybridized carbons (Fsp3) is 0.0769. The summed E-state index contributed by atoms with van der Waals surface area (Å²) in [5.74, 6) is 1.83. The predicted molar refractivity (Wildman–Crippen MR) is 66.9 cm³/mol. The number of hydrogen-bond donors (Lipinski definition) is 2. The Kier molecular flexibility index (Phi) is 4.27. The number of benzene rings is 2. The second-order valence-corrected chi connectivity index (χ2v) is 4.46. The molecule has 0 bridgehead atoms. The van der Waals surface area contributed by atoms with Gasteiger partial charge in [-0.15, -0.1) is 0 Å². The molecule has 0 aliphatic rings. The topological polar surface area (TPSA) is 38.0 Å². The van der Waals surface area contributed by atoms with Crippen LogP contribution in [0.1, 0.15) is 17.2 Å². The van der Waals surface area contributed by atoms with Crippen LogP contribution in [0.3, 0.4) is 0 Å². The van der Waals surface area contributed by atoms with E-state index in [1.807, 2.05) is 0 Å². The normalized spacial score (nSPS) is 12.5. The van der Waals surface area contributed by atoms with Gasteiger partial charge in [-0.3, -0.25) is 5.84 Å². The molecule has 2 rings (SSSR count). The molecule has 0 saturated heterocycles. The summed E-state index contributed by atoms with van der Waals surface area (Å²) < 4.78 is 53.8. The first-order chi connectivity index (χ1) is 9.43. The van der Waals surface area contributed by atoms with E-state index < -0.39 is 34.3 Å². The summed E-state index contributed by atoms with van der Waals surface area (Å²) in [4.78, 5) is 0. The van der Waals surface area contributed by atoms with Crippen molar-refractivity contribution < 1.29 is 17.6 Å². The van der Waals surface area contributed by atoms with E-state index in [-0.39, 0.29) is 11.1 Å². The standard InChI is InChI=1S/C13H9ClF4N2/c14-9-5-11(17)8(4-12(9)18)13(20-19)7-2-1-6(15)3-10(7)16/h1-5,13,20H,19H2. The average molecular weight is 305 g/mol. The molecule has 0 heterocycles. The monoisotopic (exact) mass is 304 g/mol. The molecule has 2 aromatic carbocycles. The van der Waals surface area contributed by atoms with E-state index in [1.54, 1.807) is 0 Å². The van der Waals surface area contributed by atoms with E-state index >= 15 is 0 Å². The van der Waals surface area contributed by atoms with Crippen molar-refractivity contribution in [1.82, 2.24) is 5.43 Å². The Balaban J connectivity index is 2.55. The zero-order valence-corrected chi connectivity index (χ0v) is 10.7. The van der Waals surface area contributed by atoms with Crippen LogP contribution in [0.5, 0.6) is 0 Å². The van der Waals surface area contributed by atoms with E-state index in [9.17, 15) is 17.6 Å². The summed E-state index contributed by atoms with van der Waals surface area (Å²) in [6.07, 6.45) is 0. The van der Waals surface area contributed by atoms with Gasteiger partial charge in [-0.25, -0.2) is 23.0 Å². The smallest absolute Gasteiger partial charge is 0.142 e. The van der Waals surface area contributed by atoms with Gasteiger partial charge in [0.05, 0.1) is 11.1 Å². The highest BCUT2D eigenvalue weighted by molar-refractivity contribution is 6.30. The van der Waals surface area contributed by atoms with Gasteiger partial charge in [0.25, 0.3) is 0 Å². The van der Waals surface area contributed by atoms with Gasteiger partial charge in [0.1, 0.15) is 23.3 Å². The molecule has 7 heteroatoms. The largest absolute Gasteiger partial charge is 0.271 e. The Bertz CT molecular complexity index is 649. The van der Waals surface area contributed by atoms with Crippen molar-refractivity contribution in [3.05, 3.63) is 69.8 Å². The second-order valence-electron chi connectivity index (χ2n) is 4.05. The van der Waals surface area contributed by atoms with Crippen molar-refractivity contribution in [2.24, 2.45) is 5.84 Å². The molecule has 106 valence electrons. The third-order valence-electron chi connectivity index (χ3n) is 2.79. The van der Waals surface area contributed by atoms with Crippen LogP contribution < -0.4 is 11.3 Å². The van der Waals surface area contributed by atoms with Crippen LogP contribution in [0.4, 0.5) is 17.6 Å². The first kappa shape index (κ1) is 14.8. The van der Waals surface area contributed by atoms with Gasteiger partial charge in [0, 0.05) is 17.2 Å². The molecule has 0 spiro atoms. The number of halogens is 5. The van der Waals surface area contributed by atoms with Crippen LogP contribution in [0.2, 0.25) is 5.02 Å². The molecule has 1 unspecified atom stereocenters. The Hall–Kier alpha value is -1.63. The maximum absolute atomic E-state index is 13.8. The van der Waals surface area contributed by atoms with Crippen LogP contribution in [0, 0.1) is 23.3 Å². The number of hydrazine groups is 1. The van der Waals surface area contributed by atoms with Crippen LogP contribution in [-0.2, 0) is 0 Å². The summed E-state index contributed by atoms with van der Waals surface area (Å²) in [6, 6.07) is 3.11. The predicted octanol–water partition coefficient (Wildman–Crippen LogP) is 3.45. The van der Waals surface area contributed by atoms with E-state index in [1.165, 1.54) is 0 Å². The lowest BCUT2D eigenvalue weighted by Gasteiger charge is -2.18. The summed E-state index contributed by atoms with van der Waals surface area (Å²) in [7, 11) is 0. The molecule has 0 aliphatic heterocycles. The van der Waals surface area contributed by atoms with Gasteiger partial charge in [-0.1, -0.05) is 17.7 Å². The first-order valence-electron chi connectivity index (χ1n) is 5.49. The third-order valence-corrected chi connectivity index (χ3v) is 3.08. The SMILES string of the molecule is NNC(c1ccc(F)cc1F)c1cc(F)c(Cl)cc1F. The molecular formula is C13H9ClF4N2. The minimum atomic E-state index is -1.18. The maximum Gasteiger partial charge on any atom is 0.142 e. The summed E-state index contributed by atoms with van der Waals surface area (Å²) in [5.41, 5.74) is 1.82. The highest BCUT2D eigenvalue weighted by Gasteiger charge is 2.22. The quantitative estimate of drug-likeness (QED) is 0.394. The fourth-order valence-electron chi connectivity index (χ4n) is 1.84. The zero-order chi connectivity index (χ0) is 14.9. The molecule has 3 N–H and O–H groups in total. The van der Waals surface area contributed by atoms with Gasteiger partial charge in [0.15, 0.2) is 0 Å². The molecule has 0 amide bonds. The molecule has 2 aromatic rings. The van der Waals surface area contributed by atoms with Crippen molar-refractivity contribution in [2.45, 2.75) is 6.04 Å². The van der Waals surface area contributed by atoms with Crippen LogP contribution in [0.15, 0.2) is 30.3 Å². The minimum Gasteiger partial charge on any atom is -0.271 e. The lowest BCUT2D eigenvalue weighted by molar-refractivity contribution is 0.516. The third kappa shape index (κ3) is 2.77. The Morgan fingerprint density at radius 1 is 0.900 bits per heavy atom. The number of nitrogens with one attached hydrogen (secondary N) is 1. The molecular weight excluding hydrogens is 296 g/mol. The Morgan fingerprint density at radius 2 is 1.55 bits per heavy atom. The van der Waals surface area contributed by atoms with Gasteiger partial charge in [-0.2, -0.15) is 0 Å². The van der Waals surface area contributed by atoms with Crippen molar-refractivity contribution >= 4 is 11.6 Å². The average Bonchev–Trinajstić information content (AvgIpc) is 2.38. The highest BCUT2D eigenvalue weighted by atomic mass is 35.5. The summed E-state index contributed by atoms with van der Waals surface area (Å²) >= 11 is 5.44. The van der Waals surface area contributed by atoms with Crippen LogP contribution in [-0.4, -0.2) is 0 Å². The zero-order valence-electron chi connectivity index (χ0n) is 9.93. The molecule has 2 nitrogen and oxygen atoms in total. The summed E-state index contributed by atoms with van der Waals surface area (Å²) in [5, 5.41) is -0.401. The lowest BCUT2D eigenvalue weighted by Crippen LogP contribution is -2.30. The van der Waals surface area contributed by atoms with Crippen molar-refractivity contribution in [1.29, 1.82) is 0 Å². The number of hydrogen-bond acceptors (Lipinski definition) is 2. The molecule has 20 heavy (non-hydrogen) atoms. The Labute approximate surface area is 117 Å². The second kappa shape index (κ2) is 5.78. The highest BCUT2D eigenvalue weighted by Crippen LogP contribution is 2.29. The van der Waals surface area contributed by atoms with Gasteiger partial charge in [0.2, 0.25) is 0 Å². The van der Waals surface area contributed by atoms with E-state index in [2.05, 4.69) is 5.43 Å². The van der Waals surface area contributed by atoms with Gasteiger partial charge >= 0.3 is 0 Å². The summed E-state index contributed by atoms with van der Waals surface area (Å²) in [6.45, 7) is 0. The molecule has 0 aromatic heterocycles. The molecule has 0 radical (unpaired) electrons. The fourth-order valence-corrected chi connectivity index (χ4v) is 1.99. The molecule has 0 saturated carbocycles. The van der Waals surface area contributed by atoms with E-state index in [0.29, 0.717) is 6.07 Å². The number of rotatable bonds is 3. The minimum absolute atomic E-state index is 0.116. The number of nitrogens with two attached hydrogens (primary N) is 1. The van der Waals surface area contributed by atoms with Crippen molar-refractivity contribution in [2.75, 3.05) is 0 Å². The maximum atomic E-state index is 13.8. The van der Waals surface area contributed by atoms with Crippen LogP contribution in [0.25, 0.3) is 0 Å². The molecule has 0 fully saturated rings. The Morgan fingerprint density at radius 3 is 2.15 bits per heavy atom. The molecule has 0 aliphatic carbocycles. The molecule has 1 atom stereocenters. The van der Waals surface area contributed by atoms with Crippen LogP contribution >= 0.6 is 11.6 Å².